The van der Waals surface area contributed by atoms with Gasteiger partial charge < -0.3 is 0 Å². The average Bonchev–Trinajstić information content (AvgIpc) is 1.72. The molecule has 0 bridgehead atoms. The highest BCUT2D eigenvalue weighted by Crippen LogP contribution is 2.11. The van der Waals surface area contributed by atoms with Crippen molar-refractivity contribution in [3.63, 3.8) is 0 Å². The first-order valence-electron chi connectivity index (χ1n) is 2.10. The summed E-state index contributed by atoms with van der Waals surface area (Å²) in [5, 5.41) is 0. The third kappa shape index (κ3) is 3.01. The minimum atomic E-state index is 0.650. The molecule has 0 amide bonds. The van der Waals surface area contributed by atoms with Gasteiger partial charge in [-0.2, -0.15) is 0 Å². The Morgan fingerprint density at radius 2 is 2.43 bits per heavy atom. The molecule has 0 aliphatic rings. The van der Waals surface area contributed by atoms with Gasteiger partial charge in [-0.3, -0.25) is 0 Å². The van der Waals surface area contributed by atoms with Crippen LogP contribution >= 0.6 is 23.4 Å². The smallest absolute Gasteiger partial charge is 0.0530 e. The van der Waals surface area contributed by atoms with Crippen molar-refractivity contribution in [2.24, 2.45) is 0 Å². The lowest BCUT2D eigenvalue weighted by Crippen LogP contribution is -1.72. The predicted octanol–water partition coefficient (Wildman–Crippen LogP) is 2.49. The second-order valence-electron chi connectivity index (χ2n) is 1.09. The van der Waals surface area contributed by atoms with Crippen LogP contribution in [0.4, 0.5) is 0 Å². The molecule has 0 fully saturated rings. The molecule has 0 radical (unpaired) electrons. The van der Waals surface area contributed by atoms with Crippen LogP contribution in [0.15, 0.2) is 11.0 Å². The molecular weight excluding hydrogens is 128 g/mol. The summed E-state index contributed by atoms with van der Waals surface area (Å²) in [6.45, 7) is 1.99. The summed E-state index contributed by atoms with van der Waals surface area (Å²) in [6, 6.07) is 0. The molecule has 0 saturated heterocycles. The van der Waals surface area contributed by atoms with Gasteiger partial charge in [0.1, 0.15) is 0 Å². The molecule has 0 aliphatic heterocycles. The lowest BCUT2D eigenvalue weighted by molar-refractivity contribution is 1.60. The van der Waals surface area contributed by atoms with Crippen molar-refractivity contribution >= 4 is 23.4 Å². The van der Waals surface area contributed by atoms with Crippen LogP contribution in [0.3, 0.4) is 0 Å². The average molecular weight is 137 g/mol. The van der Waals surface area contributed by atoms with Crippen molar-refractivity contribution in [1.29, 1.82) is 0 Å². The molecule has 0 atom stereocenters. The van der Waals surface area contributed by atoms with E-state index in [2.05, 4.69) is 0 Å². The van der Waals surface area contributed by atoms with Crippen molar-refractivity contribution in [2.75, 3.05) is 12.1 Å². The fourth-order valence-electron chi connectivity index (χ4n) is 0.250. The topological polar surface area (TPSA) is 0 Å². The first-order chi connectivity index (χ1) is 3.35. The second kappa shape index (κ2) is 4.54. The lowest BCUT2D eigenvalue weighted by Gasteiger charge is -1.91. The quantitative estimate of drug-likeness (QED) is 0.526. The van der Waals surface area contributed by atoms with Crippen LogP contribution < -0.4 is 0 Å². The third-order valence-electron chi connectivity index (χ3n) is 0.716. The van der Waals surface area contributed by atoms with Crippen LogP contribution in [0.1, 0.15) is 6.92 Å². The number of thioether (sulfide) groups is 1. The summed E-state index contributed by atoms with van der Waals surface area (Å²) in [7, 11) is 0. The molecule has 0 aromatic carbocycles. The molecule has 7 heavy (non-hydrogen) atoms. The molecule has 0 aromatic heterocycles. The van der Waals surface area contributed by atoms with Gasteiger partial charge in [0.15, 0.2) is 0 Å². The SMILES string of the molecule is C/C=C(/CCl)SC. The number of hydrogen-bond donors (Lipinski definition) is 0. The Bertz CT molecular complexity index is 62.5. The van der Waals surface area contributed by atoms with Crippen LogP contribution in [0, 0.1) is 0 Å². The van der Waals surface area contributed by atoms with Gasteiger partial charge in [-0.05, 0) is 18.1 Å². The molecule has 0 spiro atoms. The van der Waals surface area contributed by atoms with Crippen molar-refractivity contribution in [1.82, 2.24) is 0 Å². The van der Waals surface area contributed by atoms with Crippen LogP contribution in [-0.2, 0) is 0 Å². The Balaban J connectivity index is 3.38. The zero-order valence-electron chi connectivity index (χ0n) is 4.57. The number of halogens is 1. The van der Waals surface area contributed by atoms with E-state index in [0.29, 0.717) is 5.88 Å². The molecule has 0 heterocycles. The maximum atomic E-state index is 5.48. The molecule has 0 rings (SSSR count). The highest BCUT2D eigenvalue weighted by atomic mass is 35.5. The van der Waals surface area contributed by atoms with E-state index in [9.17, 15) is 0 Å². The summed E-state index contributed by atoms with van der Waals surface area (Å²) >= 11 is 7.18. The van der Waals surface area contributed by atoms with Crippen molar-refractivity contribution < 1.29 is 0 Å². The molecular formula is C5H9ClS. The van der Waals surface area contributed by atoms with Crippen molar-refractivity contribution in [3.05, 3.63) is 11.0 Å². The van der Waals surface area contributed by atoms with E-state index in [1.807, 2.05) is 19.3 Å². The van der Waals surface area contributed by atoms with E-state index < -0.39 is 0 Å². The van der Waals surface area contributed by atoms with Gasteiger partial charge in [-0.15, -0.1) is 23.4 Å². The summed E-state index contributed by atoms with van der Waals surface area (Å²) in [4.78, 5) is 1.24. The monoisotopic (exact) mass is 136 g/mol. The van der Waals surface area contributed by atoms with E-state index >= 15 is 0 Å². The summed E-state index contributed by atoms with van der Waals surface area (Å²) in [5.74, 6) is 0.650. The maximum Gasteiger partial charge on any atom is 0.0530 e. The fourth-order valence-corrected chi connectivity index (χ4v) is 1.08. The molecule has 42 valence electrons. The Morgan fingerprint density at radius 1 is 1.86 bits per heavy atom. The number of allylic oxidation sites excluding steroid dienone is 2. The fraction of sp³-hybridized carbons (Fsp3) is 0.600. The Hall–Kier alpha value is 0.380. The molecule has 0 unspecified atom stereocenters. The van der Waals surface area contributed by atoms with Gasteiger partial charge >= 0.3 is 0 Å². The normalized spacial score (nSPS) is 12.1. The molecule has 0 nitrogen and oxygen atoms in total. The second-order valence-corrected chi connectivity index (χ2v) is 2.29. The molecule has 0 saturated carbocycles. The van der Waals surface area contributed by atoms with Crippen LogP contribution in [0.2, 0.25) is 0 Å². The summed E-state index contributed by atoms with van der Waals surface area (Å²) < 4.78 is 0. The summed E-state index contributed by atoms with van der Waals surface area (Å²) in [5.41, 5.74) is 0. The van der Waals surface area contributed by atoms with Crippen LogP contribution in [0.25, 0.3) is 0 Å². The van der Waals surface area contributed by atoms with Gasteiger partial charge in [-0.1, -0.05) is 6.08 Å². The number of rotatable bonds is 2. The minimum Gasteiger partial charge on any atom is -0.133 e. The van der Waals surface area contributed by atoms with Gasteiger partial charge in [-0.25, -0.2) is 0 Å². The van der Waals surface area contributed by atoms with Crippen molar-refractivity contribution in [2.45, 2.75) is 6.92 Å². The Labute approximate surface area is 53.9 Å². The first-order valence-corrected chi connectivity index (χ1v) is 3.86. The predicted molar refractivity (Wildman–Crippen MR) is 38.0 cm³/mol. The number of alkyl halides is 1. The van der Waals surface area contributed by atoms with Gasteiger partial charge in [0.05, 0.1) is 5.88 Å². The largest absolute Gasteiger partial charge is 0.133 e. The van der Waals surface area contributed by atoms with E-state index in [1.54, 1.807) is 11.8 Å². The summed E-state index contributed by atoms with van der Waals surface area (Å²) in [6.07, 6.45) is 4.05. The van der Waals surface area contributed by atoms with Crippen molar-refractivity contribution in [3.8, 4) is 0 Å². The first kappa shape index (κ1) is 7.38. The molecule has 0 N–H and O–H groups in total. The third-order valence-corrected chi connectivity index (χ3v) is 2.07. The number of hydrogen-bond acceptors (Lipinski definition) is 1. The molecule has 2 heteroatoms. The lowest BCUT2D eigenvalue weighted by atomic mass is 10.6. The Kier molecular flexibility index (Phi) is 4.78. The highest BCUT2D eigenvalue weighted by molar-refractivity contribution is 8.02. The van der Waals surface area contributed by atoms with Gasteiger partial charge in [0, 0.05) is 0 Å². The van der Waals surface area contributed by atoms with Gasteiger partial charge in [0.25, 0.3) is 0 Å². The van der Waals surface area contributed by atoms with Gasteiger partial charge in [0.2, 0.25) is 0 Å². The van der Waals surface area contributed by atoms with E-state index in [1.165, 1.54) is 4.91 Å². The maximum absolute atomic E-state index is 5.48. The zero-order chi connectivity index (χ0) is 5.70. The highest BCUT2D eigenvalue weighted by Gasteiger charge is 1.84. The van der Waals surface area contributed by atoms with E-state index in [0.717, 1.165) is 0 Å². The molecule has 0 aromatic rings. The van der Waals surface area contributed by atoms with Crippen LogP contribution in [-0.4, -0.2) is 12.1 Å². The zero-order valence-corrected chi connectivity index (χ0v) is 6.14. The van der Waals surface area contributed by atoms with Crippen LogP contribution in [0.5, 0.6) is 0 Å². The standard InChI is InChI=1S/C5H9ClS/c1-3-5(4-6)7-2/h3H,4H2,1-2H3/b5-3-. The Morgan fingerprint density at radius 3 is 2.43 bits per heavy atom. The van der Waals surface area contributed by atoms with E-state index in [-0.39, 0.29) is 0 Å². The minimum absolute atomic E-state index is 0.650. The molecule has 0 aliphatic carbocycles. The van der Waals surface area contributed by atoms with E-state index in [4.69, 9.17) is 11.6 Å².